The average molecular weight is 377 g/mol. The minimum Gasteiger partial charge on any atom is -0.358 e. The summed E-state index contributed by atoms with van der Waals surface area (Å²) in [6, 6.07) is 14.3. The molecule has 0 radical (unpaired) electrons. The number of rotatable bonds is 5. The largest absolute Gasteiger partial charge is 0.358 e. The topological polar surface area (TPSA) is 62.0 Å². The van der Waals surface area contributed by atoms with Crippen LogP contribution in [0.3, 0.4) is 0 Å². The number of benzene rings is 2. The van der Waals surface area contributed by atoms with Crippen LogP contribution >= 0.6 is 11.6 Å². The summed E-state index contributed by atoms with van der Waals surface area (Å²) in [4.78, 5) is 3.55. The normalized spacial score (nSPS) is 12.6. The highest BCUT2D eigenvalue weighted by Gasteiger charge is 2.28. The zero-order valence-electron chi connectivity index (χ0n) is 14.4. The SMILES string of the molecule is Cc1[nH]c2ccccc2c1C(C)(C)CNS(=O)(=O)c1cccc(Cl)c1. The van der Waals surface area contributed by atoms with Gasteiger partial charge in [0.05, 0.1) is 4.90 Å². The monoisotopic (exact) mass is 376 g/mol. The van der Waals surface area contributed by atoms with Gasteiger partial charge in [0.15, 0.2) is 0 Å². The highest BCUT2D eigenvalue weighted by atomic mass is 35.5. The molecule has 25 heavy (non-hydrogen) atoms. The van der Waals surface area contributed by atoms with Gasteiger partial charge in [0.25, 0.3) is 0 Å². The number of fused-ring (bicyclic) bond motifs is 1. The van der Waals surface area contributed by atoms with Crippen LogP contribution in [0.2, 0.25) is 5.02 Å². The van der Waals surface area contributed by atoms with Gasteiger partial charge in [-0.25, -0.2) is 13.1 Å². The van der Waals surface area contributed by atoms with Crippen LogP contribution in [0.5, 0.6) is 0 Å². The van der Waals surface area contributed by atoms with E-state index in [4.69, 9.17) is 11.6 Å². The molecule has 0 aliphatic rings. The number of para-hydroxylation sites is 1. The molecule has 1 aromatic heterocycles. The van der Waals surface area contributed by atoms with E-state index in [0.717, 1.165) is 22.2 Å². The maximum atomic E-state index is 12.6. The van der Waals surface area contributed by atoms with Crippen LogP contribution in [0.15, 0.2) is 53.4 Å². The van der Waals surface area contributed by atoms with Gasteiger partial charge in [-0.3, -0.25) is 0 Å². The van der Waals surface area contributed by atoms with E-state index in [1.807, 2.05) is 39.0 Å². The Morgan fingerprint density at radius 3 is 2.56 bits per heavy atom. The maximum absolute atomic E-state index is 12.6. The van der Waals surface area contributed by atoms with E-state index in [2.05, 4.69) is 15.8 Å². The van der Waals surface area contributed by atoms with E-state index >= 15 is 0 Å². The van der Waals surface area contributed by atoms with Crippen molar-refractivity contribution in [2.45, 2.75) is 31.1 Å². The Hall–Kier alpha value is -1.82. The first kappa shape index (κ1) is 18.0. The van der Waals surface area contributed by atoms with Gasteiger partial charge in [0.1, 0.15) is 0 Å². The molecular weight excluding hydrogens is 356 g/mol. The Morgan fingerprint density at radius 1 is 1.12 bits per heavy atom. The Bertz CT molecular complexity index is 1020. The molecule has 0 atom stereocenters. The van der Waals surface area contributed by atoms with Crippen molar-refractivity contribution in [3.8, 4) is 0 Å². The van der Waals surface area contributed by atoms with Crippen molar-refractivity contribution in [3.63, 3.8) is 0 Å². The third-order valence-electron chi connectivity index (χ3n) is 4.38. The number of aryl methyl sites for hydroxylation is 1. The molecule has 6 heteroatoms. The predicted octanol–water partition coefficient (Wildman–Crippen LogP) is 4.39. The number of halogens is 1. The van der Waals surface area contributed by atoms with Crippen molar-refractivity contribution in [2.24, 2.45) is 0 Å². The van der Waals surface area contributed by atoms with E-state index in [1.165, 1.54) is 12.1 Å². The zero-order chi connectivity index (χ0) is 18.2. The lowest BCUT2D eigenvalue weighted by Gasteiger charge is -2.26. The molecule has 0 bridgehead atoms. The Morgan fingerprint density at radius 2 is 1.84 bits per heavy atom. The molecule has 132 valence electrons. The van der Waals surface area contributed by atoms with Crippen LogP contribution in [0.25, 0.3) is 10.9 Å². The van der Waals surface area contributed by atoms with Crippen molar-refractivity contribution in [2.75, 3.05) is 6.54 Å². The number of aromatic amines is 1. The molecular formula is C19H21ClN2O2S. The second-order valence-corrected chi connectivity index (χ2v) is 9.04. The van der Waals surface area contributed by atoms with Crippen LogP contribution in [0.4, 0.5) is 0 Å². The van der Waals surface area contributed by atoms with Gasteiger partial charge in [-0.15, -0.1) is 0 Å². The van der Waals surface area contributed by atoms with Crippen molar-refractivity contribution in [1.29, 1.82) is 0 Å². The fraction of sp³-hybridized carbons (Fsp3) is 0.263. The Balaban J connectivity index is 1.90. The van der Waals surface area contributed by atoms with Gasteiger partial charge in [0.2, 0.25) is 10.0 Å². The molecule has 0 fully saturated rings. The van der Waals surface area contributed by atoms with Crippen molar-refractivity contribution in [3.05, 3.63) is 64.8 Å². The van der Waals surface area contributed by atoms with Gasteiger partial charge < -0.3 is 4.98 Å². The van der Waals surface area contributed by atoms with Crippen LogP contribution in [-0.2, 0) is 15.4 Å². The van der Waals surface area contributed by atoms with Gasteiger partial charge in [-0.1, -0.05) is 49.7 Å². The van der Waals surface area contributed by atoms with Crippen molar-refractivity contribution >= 4 is 32.5 Å². The molecule has 2 N–H and O–H groups in total. The lowest BCUT2D eigenvalue weighted by atomic mass is 9.83. The molecule has 0 unspecified atom stereocenters. The number of hydrogen-bond donors (Lipinski definition) is 2. The summed E-state index contributed by atoms with van der Waals surface area (Å²) in [6.07, 6.45) is 0. The number of aromatic nitrogens is 1. The van der Waals surface area contributed by atoms with Gasteiger partial charge >= 0.3 is 0 Å². The fourth-order valence-electron chi connectivity index (χ4n) is 3.23. The number of nitrogens with one attached hydrogen (secondary N) is 2. The summed E-state index contributed by atoms with van der Waals surface area (Å²) in [7, 11) is -3.62. The quantitative estimate of drug-likeness (QED) is 0.693. The summed E-state index contributed by atoms with van der Waals surface area (Å²) in [6.45, 7) is 6.37. The van der Waals surface area contributed by atoms with Crippen LogP contribution in [0.1, 0.15) is 25.1 Å². The maximum Gasteiger partial charge on any atom is 0.240 e. The van der Waals surface area contributed by atoms with E-state index in [-0.39, 0.29) is 16.9 Å². The van der Waals surface area contributed by atoms with Gasteiger partial charge in [-0.2, -0.15) is 0 Å². The molecule has 1 heterocycles. The van der Waals surface area contributed by atoms with Crippen LogP contribution < -0.4 is 4.72 Å². The standard InChI is InChI=1S/C19H21ClN2O2S/c1-13-18(16-9-4-5-10-17(16)22-13)19(2,3)12-21-25(23,24)15-8-6-7-14(20)11-15/h4-11,21-22H,12H2,1-3H3. The van der Waals surface area contributed by atoms with Crippen LogP contribution in [0, 0.1) is 6.92 Å². The second-order valence-electron chi connectivity index (χ2n) is 6.84. The first-order chi connectivity index (χ1) is 11.7. The van der Waals surface area contributed by atoms with Gasteiger partial charge in [0, 0.05) is 33.6 Å². The summed E-state index contributed by atoms with van der Waals surface area (Å²) >= 11 is 5.91. The molecule has 0 aliphatic carbocycles. The highest BCUT2D eigenvalue weighted by molar-refractivity contribution is 7.89. The minimum absolute atomic E-state index is 0.173. The number of H-pyrrole nitrogens is 1. The average Bonchev–Trinajstić information content (AvgIpc) is 2.90. The second kappa shape index (κ2) is 6.48. The summed E-state index contributed by atoms with van der Waals surface area (Å²) < 4.78 is 27.9. The number of hydrogen-bond acceptors (Lipinski definition) is 2. The molecule has 0 amide bonds. The minimum atomic E-state index is -3.62. The molecule has 0 saturated heterocycles. The zero-order valence-corrected chi connectivity index (χ0v) is 16.0. The molecule has 0 aliphatic heterocycles. The highest BCUT2D eigenvalue weighted by Crippen LogP contribution is 2.33. The predicted molar refractivity (Wildman–Crippen MR) is 103 cm³/mol. The van der Waals surface area contributed by atoms with Crippen molar-refractivity contribution in [1.82, 2.24) is 9.71 Å². The van der Waals surface area contributed by atoms with E-state index in [9.17, 15) is 8.42 Å². The fourth-order valence-corrected chi connectivity index (χ4v) is 4.74. The molecule has 2 aromatic carbocycles. The number of sulfonamides is 1. The molecule has 3 aromatic rings. The Labute approximate surface area is 153 Å². The van der Waals surface area contributed by atoms with Crippen LogP contribution in [-0.4, -0.2) is 19.9 Å². The molecule has 3 rings (SSSR count). The van der Waals surface area contributed by atoms with Gasteiger partial charge in [-0.05, 0) is 36.8 Å². The first-order valence-electron chi connectivity index (χ1n) is 8.04. The Kier molecular flexibility index (Phi) is 4.66. The smallest absolute Gasteiger partial charge is 0.240 e. The molecule has 0 spiro atoms. The third kappa shape index (κ3) is 3.59. The van der Waals surface area contributed by atoms with Crippen molar-refractivity contribution < 1.29 is 8.42 Å². The third-order valence-corrected chi connectivity index (χ3v) is 6.01. The molecule has 0 saturated carbocycles. The summed E-state index contributed by atoms with van der Waals surface area (Å²) in [5, 5.41) is 1.52. The summed E-state index contributed by atoms with van der Waals surface area (Å²) in [5.74, 6) is 0. The van der Waals surface area contributed by atoms with E-state index < -0.39 is 10.0 Å². The molecule has 4 nitrogen and oxygen atoms in total. The lowest BCUT2D eigenvalue weighted by Crippen LogP contribution is -2.37. The lowest BCUT2D eigenvalue weighted by molar-refractivity contribution is 0.502. The van der Waals surface area contributed by atoms with E-state index in [0.29, 0.717) is 5.02 Å². The summed E-state index contributed by atoms with van der Waals surface area (Å²) in [5.41, 5.74) is 2.85. The van der Waals surface area contributed by atoms with E-state index in [1.54, 1.807) is 12.1 Å². The first-order valence-corrected chi connectivity index (χ1v) is 9.90.